The van der Waals surface area contributed by atoms with Crippen molar-refractivity contribution in [1.29, 1.82) is 0 Å². The van der Waals surface area contributed by atoms with Gasteiger partial charge in [0, 0.05) is 5.02 Å². The number of fused-ring (bicyclic) bond motifs is 1. The number of nitrogens with one attached hydrogen (secondary N) is 1. The van der Waals surface area contributed by atoms with Crippen molar-refractivity contribution in [3.05, 3.63) is 52.5 Å². The van der Waals surface area contributed by atoms with Crippen molar-refractivity contribution in [2.24, 2.45) is 0 Å². The number of halogens is 1. The first-order valence-electron chi connectivity index (χ1n) is 7.12. The SMILES string of the molecule is COc1ccc(Cl)cc1C(=O)NC(C)c1ccc2c(c1)OCO2. The summed E-state index contributed by atoms with van der Waals surface area (Å²) in [5, 5.41) is 3.41. The fraction of sp³-hybridized carbons (Fsp3) is 0.235. The van der Waals surface area contributed by atoms with Crippen LogP contribution in [0.25, 0.3) is 0 Å². The number of carbonyl (C=O) groups excluding carboxylic acids is 1. The average Bonchev–Trinajstić information content (AvgIpc) is 3.02. The zero-order valence-electron chi connectivity index (χ0n) is 12.8. The largest absolute Gasteiger partial charge is 0.496 e. The molecule has 1 unspecified atom stereocenters. The van der Waals surface area contributed by atoms with Crippen LogP contribution in [0, 0.1) is 0 Å². The summed E-state index contributed by atoms with van der Waals surface area (Å²) in [5.74, 6) is 1.62. The van der Waals surface area contributed by atoms with Gasteiger partial charge >= 0.3 is 0 Å². The molecule has 0 radical (unpaired) electrons. The van der Waals surface area contributed by atoms with Gasteiger partial charge in [-0.15, -0.1) is 0 Å². The highest BCUT2D eigenvalue weighted by Gasteiger charge is 2.19. The lowest BCUT2D eigenvalue weighted by molar-refractivity contribution is 0.0936. The first-order chi connectivity index (χ1) is 11.1. The third kappa shape index (κ3) is 3.19. The number of hydrogen-bond acceptors (Lipinski definition) is 4. The van der Waals surface area contributed by atoms with Crippen LogP contribution in [0.5, 0.6) is 17.2 Å². The standard InChI is InChI=1S/C17H16ClNO4/c1-10(11-3-5-15-16(7-11)23-9-22-15)19-17(20)13-8-12(18)4-6-14(13)21-2/h3-8,10H,9H2,1-2H3,(H,19,20). The normalized spacial score (nSPS) is 13.5. The van der Waals surface area contributed by atoms with Gasteiger partial charge in [-0.1, -0.05) is 17.7 Å². The highest BCUT2D eigenvalue weighted by atomic mass is 35.5. The molecule has 3 rings (SSSR count). The predicted octanol–water partition coefficient (Wildman–Crippen LogP) is 3.57. The van der Waals surface area contributed by atoms with Gasteiger partial charge in [0.15, 0.2) is 11.5 Å². The van der Waals surface area contributed by atoms with Crippen LogP contribution in [0.2, 0.25) is 5.02 Å². The summed E-state index contributed by atoms with van der Waals surface area (Å²) in [7, 11) is 1.52. The summed E-state index contributed by atoms with van der Waals surface area (Å²) < 4.78 is 15.9. The molecule has 0 saturated carbocycles. The molecule has 1 N–H and O–H groups in total. The predicted molar refractivity (Wildman–Crippen MR) is 86.5 cm³/mol. The molecule has 0 aromatic heterocycles. The van der Waals surface area contributed by atoms with E-state index in [0.29, 0.717) is 27.8 Å². The molecule has 1 heterocycles. The van der Waals surface area contributed by atoms with Crippen LogP contribution in [-0.4, -0.2) is 19.8 Å². The van der Waals surface area contributed by atoms with E-state index in [-0.39, 0.29) is 18.7 Å². The van der Waals surface area contributed by atoms with Crippen LogP contribution in [0.3, 0.4) is 0 Å². The topological polar surface area (TPSA) is 56.8 Å². The molecular formula is C17H16ClNO4. The van der Waals surface area contributed by atoms with Crippen LogP contribution in [0.4, 0.5) is 0 Å². The average molecular weight is 334 g/mol. The lowest BCUT2D eigenvalue weighted by Crippen LogP contribution is -2.27. The van der Waals surface area contributed by atoms with E-state index in [0.717, 1.165) is 5.56 Å². The third-order valence-electron chi connectivity index (χ3n) is 3.65. The molecule has 0 bridgehead atoms. The molecule has 23 heavy (non-hydrogen) atoms. The maximum atomic E-state index is 12.5. The highest BCUT2D eigenvalue weighted by molar-refractivity contribution is 6.31. The number of carbonyl (C=O) groups is 1. The van der Waals surface area contributed by atoms with Gasteiger partial charge in [0.25, 0.3) is 5.91 Å². The van der Waals surface area contributed by atoms with Crippen LogP contribution in [0.15, 0.2) is 36.4 Å². The van der Waals surface area contributed by atoms with E-state index in [2.05, 4.69) is 5.32 Å². The van der Waals surface area contributed by atoms with Gasteiger partial charge < -0.3 is 19.5 Å². The Balaban J connectivity index is 1.78. The number of benzene rings is 2. The van der Waals surface area contributed by atoms with Crippen molar-refractivity contribution < 1.29 is 19.0 Å². The second-order valence-electron chi connectivity index (χ2n) is 5.15. The lowest BCUT2D eigenvalue weighted by atomic mass is 10.1. The summed E-state index contributed by atoms with van der Waals surface area (Å²) in [6.45, 7) is 2.12. The Bertz CT molecular complexity index is 747. The van der Waals surface area contributed by atoms with Crippen molar-refractivity contribution in [2.45, 2.75) is 13.0 Å². The first kappa shape index (κ1) is 15.5. The molecule has 6 heteroatoms. The molecule has 120 valence electrons. The Morgan fingerprint density at radius 2 is 2.00 bits per heavy atom. The van der Waals surface area contributed by atoms with E-state index in [4.69, 9.17) is 25.8 Å². The molecule has 1 atom stereocenters. The van der Waals surface area contributed by atoms with Gasteiger partial charge in [-0.3, -0.25) is 4.79 Å². The molecule has 0 spiro atoms. The van der Waals surface area contributed by atoms with E-state index in [1.54, 1.807) is 18.2 Å². The molecule has 0 aliphatic carbocycles. The first-order valence-corrected chi connectivity index (χ1v) is 7.50. The molecule has 2 aromatic carbocycles. The van der Waals surface area contributed by atoms with Crippen LogP contribution < -0.4 is 19.5 Å². The van der Waals surface area contributed by atoms with E-state index in [1.807, 2.05) is 25.1 Å². The molecule has 1 aliphatic rings. The Morgan fingerprint density at radius 1 is 1.22 bits per heavy atom. The molecule has 5 nitrogen and oxygen atoms in total. The van der Waals surface area contributed by atoms with Crippen molar-refractivity contribution in [1.82, 2.24) is 5.32 Å². The van der Waals surface area contributed by atoms with Crippen LogP contribution in [0.1, 0.15) is 28.9 Å². The summed E-state index contributed by atoms with van der Waals surface area (Å²) >= 11 is 5.97. The number of rotatable bonds is 4. The van der Waals surface area contributed by atoms with E-state index < -0.39 is 0 Å². The fourth-order valence-electron chi connectivity index (χ4n) is 2.40. The van der Waals surface area contributed by atoms with Gasteiger partial charge in [-0.05, 0) is 42.8 Å². The van der Waals surface area contributed by atoms with Crippen LogP contribution in [-0.2, 0) is 0 Å². The zero-order chi connectivity index (χ0) is 16.4. The minimum absolute atomic E-state index is 0.208. The molecule has 0 saturated heterocycles. The van der Waals surface area contributed by atoms with Crippen molar-refractivity contribution in [3.63, 3.8) is 0 Å². The van der Waals surface area contributed by atoms with E-state index >= 15 is 0 Å². The minimum Gasteiger partial charge on any atom is -0.496 e. The summed E-state index contributed by atoms with van der Waals surface area (Å²) in [6, 6.07) is 10.3. The number of amides is 1. The van der Waals surface area contributed by atoms with Gasteiger partial charge in [0.05, 0.1) is 18.7 Å². The maximum absolute atomic E-state index is 12.5. The second-order valence-corrected chi connectivity index (χ2v) is 5.59. The quantitative estimate of drug-likeness (QED) is 0.929. The smallest absolute Gasteiger partial charge is 0.255 e. The van der Waals surface area contributed by atoms with Crippen molar-refractivity contribution >= 4 is 17.5 Å². The molecule has 1 amide bonds. The Labute approximate surface area is 139 Å². The fourth-order valence-corrected chi connectivity index (χ4v) is 2.57. The third-order valence-corrected chi connectivity index (χ3v) is 3.89. The summed E-state index contributed by atoms with van der Waals surface area (Å²) in [5.41, 5.74) is 1.32. The van der Waals surface area contributed by atoms with Gasteiger partial charge in [0.1, 0.15) is 5.75 Å². The molecule has 0 fully saturated rings. The monoisotopic (exact) mass is 333 g/mol. The van der Waals surface area contributed by atoms with Crippen LogP contribution >= 0.6 is 11.6 Å². The Morgan fingerprint density at radius 3 is 2.78 bits per heavy atom. The lowest BCUT2D eigenvalue weighted by Gasteiger charge is -2.16. The minimum atomic E-state index is -0.255. The second kappa shape index (κ2) is 6.38. The van der Waals surface area contributed by atoms with Gasteiger partial charge in [0.2, 0.25) is 6.79 Å². The van der Waals surface area contributed by atoms with Crippen molar-refractivity contribution in [2.75, 3.05) is 13.9 Å². The molecule has 1 aliphatic heterocycles. The number of ether oxygens (including phenoxy) is 3. The maximum Gasteiger partial charge on any atom is 0.255 e. The van der Waals surface area contributed by atoms with Gasteiger partial charge in [-0.25, -0.2) is 0 Å². The Hall–Kier alpha value is -2.40. The zero-order valence-corrected chi connectivity index (χ0v) is 13.5. The number of hydrogen-bond donors (Lipinski definition) is 1. The van der Waals surface area contributed by atoms with Gasteiger partial charge in [-0.2, -0.15) is 0 Å². The molecular weight excluding hydrogens is 318 g/mol. The Kier molecular flexibility index (Phi) is 4.30. The highest BCUT2D eigenvalue weighted by Crippen LogP contribution is 2.34. The molecule has 2 aromatic rings. The van der Waals surface area contributed by atoms with E-state index in [1.165, 1.54) is 7.11 Å². The van der Waals surface area contributed by atoms with Crippen molar-refractivity contribution in [3.8, 4) is 17.2 Å². The van der Waals surface area contributed by atoms with E-state index in [9.17, 15) is 4.79 Å². The summed E-state index contributed by atoms with van der Waals surface area (Å²) in [6.07, 6.45) is 0. The summed E-state index contributed by atoms with van der Waals surface area (Å²) in [4.78, 5) is 12.5. The number of methoxy groups -OCH3 is 1.